The molecule has 10 heteroatoms. The summed E-state index contributed by atoms with van der Waals surface area (Å²) < 4.78 is 10.7. The van der Waals surface area contributed by atoms with Crippen LogP contribution in [0.4, 0.5) is 11.8 Å². The van der Waals surface area contributed by atoms with Gasteiger partial charge in [0.2, 0.25) is 11.9 Å². The summed E-state index contributed by atoms with van der Waals surface area (Å²) >= 11 is 0. The van der Waals surface area contributed by atoms with Gasteiger partial charge in [0.1, 0.15) is 29.5 Å². The molecule has 1 aliphatic carbocycles. The van der Waals surface area contributed by atoms with Gasteiger partial charge in [-0.1, -0.05) is 23.8 Å². The van der Waals surface area contributed by atoms with Crippen molar-refractivity contribution in [3.63, 3.8) is 0 Å². The predicted molar refractivity (Wildman–Crippen MR) is 171 cm³/mol. The number of amides is 1. The second-order valence-corrected chi connectivity index (χ2v) is 12.1. The molecule has 0 radical (unpaired) electrons. The number of aromatic nitrogens is 2. The molecule has 10 nitrogen and oxygen atoms in total. The molecule has 44 heavy (non-hydrogen) atoms. The highest BCUT2D eigenvalue weighted by molar-refractivity contribution is 5.98. The molecule has 3 aromatic rings. The van der Waals surface area contributed by atoms with Crippen LogP contribution in [-0.4, -0.2) is 60.7 Å². The Morgan fingerprint density at radius 3 is 2.64 bits per heavy atom. The van der Waals surface area contributed by atoms with Crippen molar-refractivity contribution in [1.82, 2.24) is 15.3 Å². The van der Waals surface area contributed by atoms with Crippen LogP contribution in [0.5, 0.6) is 11.5 Å². The van der Waals surface area contributed by atoms with E-state index in [0.717, 1.165) is 53.5 Å². The third kappa shape index (κ3) is 6.74. The van der Waals surface area contributed by atoms with Crippen LogP contribution >= 0.6 is 0 Å². The minimum Gasteiger partial charge on any atom is -0.507 e. The van der Waals surface area contributed by atoms with E-state index in [1.54, 1.807) is 7.11 Å². The third-order valence-corrected chi connectivity index (χ3v) is 8.82. The van der Waals surface area contributed by atoms with E-state index in [0.29, 0.717) is 60.6 Å². The first-order valence-corrected chi connectivity index (χ1v) is 15.4. The van der Waals surface area contributed by atoms with E-state index in [-0.39, 0.29) is 23.8 Å². The van der Waals surface area contributed by atoms with Crippen molar-refractivity contribution in [1.29, 1.82) is 0 Å². The van der Waals surface area contributed by atoms with E-state index in [2.05, 4.69) is 10.6 Å². The van der Waals surface area contributed by atoms with E-state index >= 15 is 0 Å². The van der Waals surface area contributed by atoms with Gasteiger partial charge in [0.05, 0.1) is 12.6 Å². The number of cyclic esters (lactones) is 1. The van der Waals surface area contributed by atoms with Gasteiger partial charge in [-0.25, -0.2) is 9.78 Å². The van der Waals surface area contributed by atoms with Gasteiger partial charge in [0.15, 0.2) is 0 Å². The third-order valence-electron chi connectivity index (χ3n) is 8.82. The minimum atomic E-state index is -0.510. The normalized spacial score (nSPS) is 18.1. The number of nitrogens with zero attached hydrogens (tertiary/aromatic N) is 3. The molecule has 3 N–H and O–H groups in total. The first-order chi connectivity index (χ1) is 21.2. The Hall–Kier alpha value is -4.34. The largest absolute Gasteiger partial charge is 0.507 e. The Morgan fingerprint density at radius 2 is 1.91 bits per heavy atom. The number of carbonyl (C=O) groups excluding carboxylic acids is 2. The van der Waals surface area contributed by atoms with E-state index in [1.165, 1.54) is 0 Å². The Kier molecular flexibility index (Phi) is 9.56. The zero-order chi connectivity index (χ0) is 31.4. The van der Waals surface area contributed by atoms with E-state index in [4.69, 9.17) is 19.4 Å². The second kappa shape index (κ2) is 13.5. The summed E-state index contributed by atoms with van der Waals surface area (Å²) in [4.78, 5) is 36.3. The molecule has 1 amide bonds. The summed E-state index contributed by atoms with van der Waals surface area (Å²) in [5.74, 6) is 2.03. The van der Waals surface area contributed by atoms with E-state index in [9.17, 15) is 14.7 Å². The molecule has 0 unspecified atom stereocenters. The lowest BCUT2D eigenvalue weighted by Gasteiger charge is -2.29. The van der Waals surface area contributed by atoms with Crippen LogP contribution in [0.25, 0.3) is 10.9 Å². The average molecular weight is 602 g/mol. The fourth-order valence-electron chi connectivity index (χ4n) is 6.22. The maximum Gasteiger partial charge on any atom is 0.342 e. The highest BCUT2D eigenvalue weighted by Crippen LogP contribution is 2.42. The maximum absolute atomic E-state index is 12.6. The first kappa shape index (κ1) is 31.1. The number of nitrogens with one attached hydrogen (secondary N) is 2. The summed E-state index contributed by atoms with van der Waals surface area (Å²) in [5, 5.41) is 18.5. The van der Waals surface area contributed by atoms with Gasteiger partial charge in [-0.3, -0.25) is 4.79 Å². The second-order valence-electron chi connectivity index (χ2n) is 12.1. The van der Waals surface area contributed by atoms with Gasteiger partial charge in [-0.2, -0.15) is 4.98 Å². The van der Waals surface area contributed by atoms with Crippen molar-refractivity contribution in [2.24, 2.45) is 5.92 Å². The summed E-state index contributed by atoms with van der Waals surface area (Å²) in [7, 11) is 5.54. The number of esters is 1. The summed E-state index contributed by atoms with van der Waals surface area (Å²) in [6, 6.07) is 8.37. The number of hydrogen-bond donors (Lipinski definition) is 3. The van der Waals surface area contributed by atoms with Gasteiger partial charge < -0.3 is 30.1 Å². The number of phenolic OH excluding ortho intramolecular Hbond substituents is 1. The van der Waals surface area contributed by atoms with Crippen molar-refractivity contribution in [2.75, 3.05) is 38.0 Å². The van der Waals surface area contributed by atoms with Gasteiger partial charge in [0, 0.05) is 49.6 Å². The lowest BCUT2D eigenvalue weighted by Crippen LogP contribution is -2.34. The Labute approximate surface area is 258 Å². The number of hydrogen-bond acceptors (Lipinski definition) is 9. The number of anilines is 2. The summed E-state index contributed by atoms with van der Waals surface area (Å²) in [6.07, 6.45) is 7.45. The molecule has 2 aliphatic rings. The number of aromatic hydroxyl groups is 1. The lowest BCUT2D eigenvalue weighted by molar-refractivity contribution is -0.121. The number of para-hydroxylation sites is 1. The van der Waals surface area contributed by atoms with Gasteiger partial charge >= 0.3 is 5.97 Å². The summed E-state index contributed by atoms with van der Waals surface area (Å²) in [6.45, 7) is 4.67. The van der Waals surface area contributed by atoms with Gasteiger partial charge in [0.25, 0.3) is 0 Å². The predicted octanol–water partition coefficient (Wildman–Crippen LogP) is 5.44. The number of allylic oxidation sites excluding steroid dienone is 2. The number of rotatable bonds is 11. The molecule has 0 atom stereocenters. The highest BCUT2D eigenvalue weighted by atomic mass is 16.5. The Bertz CT molecular complexity index is 1580. The molecule has 1 aromatic heterocycles. The average Bonchev–Trinajstić information content (AvgIpc) is 3.42. The number of phenols is 1. The molecule has 1 saturated carbocycles. The Morgan fingerprint density at radius 1 is 1.16 bits per heavy atom. The number of methoxy groups -OCH3 is 1. The minimum absolute atomic E-state index is 0.0373. The Balaban J connectivity index is 1.07. The summed E-state index contributed by atoms with van der Waals surface area (Å²) in [5.41, 5.74) is 4.22. The standard InChI is InChI=1S/C34H43N5O5/c1-20(10-16-25-30(41)29-26(19-44-33(29)42)21(2)31(25)43-5)11-17-28(40)35-18-22-12-14-23(15-13-22)36-34-37-27-9-7-6-8-24(27)32(38-34)39(3)4/h6-10,22-23,41H,11-19H2,1-5H3,(H,35,40)(H,36,37,38)/b20-10+. The molecular weight excluding hydrogens is 558 g/mol. The van der Waals surface area contributed by atoms with Crippen LogP contribution < -0.4 is 20.3 Å². The number of carbonyl (C=O) groups is 2. The van der Waals surface area contributed by atoms with Crippen LogP contribution in [-0.2, 0) is 22.6 Å². The van der Waals surface area contributed by atoms with Crippen LogP contribution in [0.3, 0.4) is 0 Å². The molecule has 1 aliphatic heterocycles. The fraction of sp³-hybridized carbons (Fsp3) is 0.471. The van der Waals surface area contributed by atoms with Crippen molar-refractivity contribution in [3.8, 4) is 11.5 Å². The van der Waals surface area contributed by atoms with Crippen LogP contribution in [0.2, 0.25) is 0 Å². The zero-order valence-corrected chi connectivity index (χ0v) is 26.3. The van der Waals surface area contributed by atoms with Gasteiger partial charge in [-0.15, -0.1) is 0 Å². The van der Waals surface area contributed by atoms with Crippen LogP contribution in [0.15, 0.2) is 35.9 Å². The molecule has 5 rings (SSSR count). The number of benzene rings is 2. The number of fused-ring (bicyclic) bond motifs is 2. The van der Waals surface area contributed by atoms with E-state index in [1.807, 2.05) is 63.2 Å². The van der Waals surface area contributed by atoms with Crippen LogP contribution in [0, 0.1) is 12.8 Å². The highest BCUT2D eigenvalue weighted by Gasteiger charge is 2.32. The lowest BCUT2D eigenvalue weighted by atomic mass is 9.86. The topological polar surface area (TPSA) is 126 Å². The molecule has 234 valence electrons. The smallest absolute Gasteiger partial charge is 0.342 e. The van der Waals surface area contributed by atoms with Crippen molar-refractivity contribution >= 4 is 34.5 Å². The van der Waals surface area contributed by atoms with Crippen molar-refractivity contribution in [2.45, 2.75) is 71.4 Å². The molecule has 2 heterocycles. The quantitative estimate of drug-likeness (QED) is 0.194. The van der Waals surface area contributed by atoms with Crippen molar-refractivity contribution in [3.05, 3.63) is 58.2 Å². The molecule has 1 fully saturated rings. The number of ether oxygens (including phenoxy) is 2. The zero-order valence-electron chi connectivity index (χ0n) is 26.3. The molecule has 0 saturated heterocycles. The fourth-order valence-corrected chi connectivity index (χ4v) is 6.22. The SMILES string of the molecule is COc1c(C)c2c(c(O)c1C/C=C(\C)CCC(=O)NCC1CCC(Nc3nc(N(C)C)c4ccccc4n3)CC1)C(=O)OC2. The molecule has 0 bridgehead atoms. The first-order valence-electron chi connectivity index (χ1n) is 15.4. The monoisotopic (exact) mass is 601 g/mol. The van der Waals surface area contributed by atoms with Crippen molar-refractivity contribution < 1.29 is 24.2 Å². The van der Waals surface area contributed by atoms with E-state index < -0.39 is 5.97 Å². The molecular formula is C34H43N5O5. The van der Waals surface area contributed by atoms with Gasteiger partial charge in [-0.05, 0) is 76.0 Å². The maximum atomic E-state index is 12.6. The van der Waals surface area contributed by atoms with Crippen LogP contribution in [0.1, 0.15) is 72.5 Å². The molecule has 0 spiro atoms. The molecule has 2 aromatic carbocycles.